The number of nitrogens with one attached hydrogen (secondary N) is 2. The van der Waals surface area contributed by atoms with Crippen LogP contribution < -0.4 is 10.1 Å². The number of benzene rings is 1. The number of anilines is 1. The highest BCUT2D eigenvalue weighted by atomic mass is 16.6. The van der Waals surface area contributed by atoms with Gasteiger partial charge in [0.25, 0.3) is 5.69 Å². The van der Waals surface area contributed by atoms with Crippen molar-refractivity contribution in [2.75, 3.05) is 11.9 Å². The number of ether oxygens (including phenoxy) is 1. The van der Waals surface area contributed by atoms with Crippen molar-refractivity contribution in [2.24, 2.45) is 0 Å². The summed E-state index contributed by atoms with van der Waals surface area (Å²) in [6, 6.07) is 4.62. The van der Waals surface area contributed by atoms with E-state index in [1.165, 1.54) is 12.1 Å². The summed E-state index contributed by atoms with van der Waals surface area (Å²) in [5.74, 6) is 0.478. The number of non-ortho nitro benzene ring substituents is 1. The molecule has 0 amide bonds. The third-order valence-electron chi connectivity index (χ3n) is 2.46. The van der Waals surface area contributed by atoms with Crippen LogP contribution in [-0.4, -0.2) is 21.7 Å². The molecule has 7 nitrogen and oxygen atoms in total. The Morgan fingerprint density at radius 2 is 2.32 bits per heavy atom. The minimum Gasteiger partial charge on any atom is -0.494 e. The number of nitrogens with zero attached hydrogens (tertiary/aromatic N) is 2. The monoisotopic (exact) mass is 262 g/mol. The highest BCUT2D eigenvalue weighted by Gasteiger charge is 2.10. The summed E-state index contributed by atoms with van der Waals surface area (Å²) in [7, 11) is 0. The lowest BCUT2D eigenvalue weighted by Crippen LogP contribution is -2.01. The zero-order chi connectivity index (χ0) is 13.7. The summed E-state index contributed by atoms with van der Waals surface area (Å²) >= 11 is 0. The summed E-state index contributed by atoms with van der Waals surface area (Å²) < 4.78 is 5.31. The quantitative estimate of drug-likeness (QED) is 0.615. The molecule has 0 radical (unpaired) electrons. The van der Waals surface area contributed by atoms with Crippen LogP contribution in [0.4, 0.5) is 11.4 Å². The van der Waals surface area contributed by atoms with E-state index in [0.29, 0.717) is 24.6 Å². The van der Waals surface area contributed by atoms with E-state index in [0.717, 1.165) is 5.56 Å². The van der Waals surface area contributed by atoms with Crippen molar-refractivity contribution in [1.82, 2.24) is 10.2 Å². The second kappa shape index (κ2) is 5.85. The van der Waals surface area contributed by atoms with Crippen LogP contribution in [0, 0.1) is 10.1 Å². The van der Waals surface area contributed by atoms with E-state index >= 15 is 0 Å². The molecule has 0 aliphatic rings. The van der Waals surface area contributed by atoms with Crippen molar-refractivity contribution in [3.8, 4) is 5.75 Å². The molecular weight excluding hydrogens is 248 g/mol. The van der Waals surface area contributed by atoms with Crippen molar-refractivity contribution in [1.29, 1.82) is 0 Å². The minimum atomic E-state index is -0.439. The first-order valence-electron chi connectivity index (χ1n) is 5.83. The average Bonchev–Trinajstić information content (AvgIpc) is 2.89. The summed E-state index contributed by atoms with van der Waals surface area (Å²) in [5.41, 5.74) is 1.60. The van der Waals surface area contributed by atoms with Crippen molar-refractivity contribution < 1.29 is 9.66 Å². The van der Waals surface area contributed by atoms with Gasteiger partial charge in [0.05, 0.1) is 23.8 Å². The summed E-state index contributed by atoms with van der Waals surface area (Å²) in [5, 5.41) is 20.5. The summed E-state index contributed by atoms with van der Waals surface area (Å²) in [4.78, 5) is 10.4. The molecule has 0 saturated carbocycles. The fourth-order valence-electron chi connectivity index (χ4n) is 1.62. The molecule has 0 aliphatic heterocycles. The van der Waals surface area contributed by atoms with Crippen LogP contribution >= 0.6 is 0 Å². The van der Waals surface area contributed by atoms with Crippen LogP contribution in [0.15, 0.2) is 30.6 Å². The third kappa shape index (κ3) is 3.44. The molecule has 100 valence electrons. The van der Waals surface area contributed by atoms with Crippen molar-refractivity contribution >= 4 is 11.4 Å². The van der Waals surface area contributed by atoms with Gasteiger partial charge < -0.3 is 10.1 Å². The molecule has 19 heavy (non-hydrogen) atoms. The molecule has 2 rings (SSSR count). The van der Waals surface area contributed by atoms with E-state index < -0.39 is 4.92 Å². The van der Waals surface area contributed by atoms with Gasteiger partial charge in [-0.1, -0.05) is 0 Å². The number of rotatable bonds is 6. The molecule has 2 aromatic rings. The van der Waals surface area contributed by atoms with Gasteiger partial charge in [0, 0.05) is 36.1 Å². The maximum absolute atomic E-state index is 10.8. The summed E-state index contributed by atoms with van der Waals surface area (Å²) in [6.45, 7) is 2.82. The first kappa shape index (κ1) is 12.9. The van der Waals surface area contributed by atoms with E-state index in [1.54, 1.807) is 18.5 Å². The largest absolute Gasteiger partial charge is 0.494 e. The van der Waals surface area contributed by atoms with Crippen LogP contribution in [0.25, 0.3) is 0 Å². The van der Waals surface area contributed by atoms with Gasteiger partial charge in [0.15, 0.2) is 0 Å². The number of hydrogen-bond acceptors (Lipinski definition) is 5. The number of nitro groups is 1. The third-order valence-corrected chi connectivity index (χ3v) is 2.46. The van der Waals surface area contributed by atoms with Crippen molar-refractivity contribution in [2.45, 2.75) is 13.5 Å². The van der Waals surface area contributed by atoms with Crippen LogP contribution in [-0.2, 0) is 6.54 Å². The Morgan fingerprint density at radius 3 is 2.95 bits per heavy atom. The summed E-state index contributed by atoms with van der Waals surface area (Å²) in [6.07, 6.45) is 3.45. The normalized spacial score (nSPS) is 10.2. The molecule has 0 spiro atoms. The molecule has 0 fully saturated rings. The highest BCUT2D eigenvalue weighted by molar-refractivity contribution is 5.56. The van der Waals surface area contributed by atoms with E-state index in [9.17, 15) is 10.1 Å². The van der Waals surface area contributed by atoms with Crippen molar-refractivity contribution in [3.05, 3.63) is 46.3 Å². The van der Waals surface area contributed by atoms with Gasteiger partial charge in [0.2, 0.25) is 0 Å². The lowest BCUT2D eigenvalue weighted by Gasteiger charge is -2.08. The van der Waals surface area contributed by atoms with Crippen LogP contribution in [0.2, 0.25) is 0 Å². The Balaban J connectivity index is 2.16. The topological polar surface area (TPSA) is 93.1 Å². The first-order chi connectivity index (χ1) is 9.19. The predicted octanol–water partition coefficient (Wildman–Crippen LogP) is 2.33. The molecule has 1 aromatic heterocycles. The van der Waals surface area contributed by atoms with Gasteiger partial charge in [-0.25, -0.2) is 0 Å². The van der Waals surface area contributed by atoms with Crippen LogP contribution in [0.1, 0.15) is 12.5 Å². The minimum absolute atomic E-state index is 0.000596. The molecule has 7 heteroatoms. The maximum Gasteiger partial charge on any atom is 0.275 e. The van der Waals surface area contributed by atoms with Gasteiger partial charge in [-0.2, -0.15) is 5.10 Å². The smallest absolute Gasteiger partial charge is 0.275 e. The Hall–Kier alpha value is -2.57. The zero-order valence-electron chi connectivity index (χ0n) is 10.4. The Morgan fingerprint density at radius 1 is 1.47 bits per heavy atom. The standard InChI is InChI=1S/C12H14N4O3/c1-2-19-12-4-10(3-11(5-12)16(17)18)13-6-9-7-14-15-8-9/h3-5,7-8,13H,2,6H2,1H3,(H,14,15). The second-order valence-corrected chi connectivity index (χ2v) is 3.87. The van der Waals surface area contributed by atoms with E-state index in [1.807, 2.05) is 6.92 Å². The molecule has 0 unspecified atom stereocenters. The Kier molecular flexibility index (Phi) is 3.97. The fourth-order valence-corrected chi connectivity index (χ4v) is 1.62. The Labute approximate surface area is 109 Å². The lowest BCUT2D eigenvalue weighted by molar-refractivity contribution is -0.384. The van der Waals surface area contributed by atoms with Crippen LogP contribution in [0.5, 0.6) is 5.75 Å². The second-order valence-electron chi connectivity index (χ2n) is 3.87. The predicted molar refractivity (Wildman–Crippen MR) is 70.2 cm³/mol. The number of H-pyrrole nitrogens is 1. The molecule has 0 atom stereocenters. The number of hydrogen-bond donors (Lipinski definition) is 2. The van der Waals surface area contributed by atoms with Gasteiger partial charge >= 0.3 is 0 Å². The highest BCUT2D eigenvalue weighted by Crippen LogP contribution is 2.26. The van der Waals surface area contributed by atoms with E-state index in [-0.39, 0.29) is 5.69 Å². The SMILES string of the molecule is CCOc1cc(NCc2cn[nH]c2)cc([N+](=O)[O-])c1. The lowest BCUT2D eigenvalue weighted by atomic mass is 10.2. The zero-order valence-corrected chi connectivity index (χ0v) is 10.4. The molecule has 0 saturated heterocycles. The number of aromatic amines is 1. The molecule has 1 aromatic carbocycles. The molecule has 2 N–H and O–H groups in total. The van der Waals surface area contributed by atoms with Gasteiger partial charge in [-0.05, 0) is 6.92 Å². The number of aromatic nitrogens is 2. The molecule has 1 heterocycles. The first-order valence-corrected chi connectivity index (χ1v) is 5.83. The fraction of sp³-hybridized carbons (Fsp3) is 0.250. The molecular formula is C12H14N4O3. The van der Waals surface area contributed by atoms with E-state index in [4.69, 9.17) is 4.74 Å². The Bertz CT molecular complexity index is 554. The van der Waals surface area contributed by atoms with Gasteiger partial charge in [-0.15, -0.1) is 0 Å². The van der Waals surface area contributed by atoms with Crippen molar-refractivity contribution in [3.63, 3.8) is 0 Å². The molecule has 0 bridgehead atoms. The molecule has 0 aliphatic carbocycles. The number of nitro benzene ring substituents is 1. The van der Waals surface area contributed by atoms with E-state index in [2.05, 4.69) is 15.5 Å². The maximum atomic E-state index is 10.8. The average molecular weight is 262 g/mol. The van der Waals surface area contributed by atoms with Crippen LogP contribution in [0.3, 0.4) is 0 Å². The van der Waals surface area contributed by atoms with Gasteiger partial charge in [-0.3, -0.25) is 15.2 Å². The van der Waals surface area contributed by atoms with Gasteiger partial charge in [0.1, 0.15) is 5.75 Å².